The summed E-state index contributed by atoms with van der Waals surface area (Å²) in [6.45, 7) is 11.0. The molecule has 0 fully saturated rings. The van der Waals surface area contributed by atoms with Crippen molar-refractivity contribution in [2.45, 2.75) is 33.2 Å². The van der Waals surface area contributed by atoms with E-state index in [-0.39, 0.29) is 6.04 Å². The molecule has 0 radical (unpaired) electrons. The highest BCUT2D eigenvalue weighted by molar-refractivity contribution is 5.79. The second-order valence-electron chi connectivity index (χ2n) is 4.26. The lowest BCUT2D eigenvalue weighted by molar-refractivity contribution is 0.179. The van der Waals surface area contributed by atoms with Crippen LogP contribution < -0.4 is 16.6 Å². The van der Waals surface area contributed by atoms with Crippen molar-refractivity contribution in [2.75, 3.05) is 39.9 Å². The Bertz CT molecular complexity index is 219. The van der Waals surface area contributed by atoms with Gasteiger partial charge in [-0.1, -0.05) is 13.8 Å². The molecule has 1 atom stereocenters. The molecule has 0 aromatic rings. The summed E-state index contributed by atoms with van der Waals surface area (Å²) in [6, 6.07) is 0.188. The lowest BCUT2D eigenvalue weighted by Gasteiger charge is -2.18. The summed E-state index contributed by atoms with van der Waals surface area (Å²) >= 11 is 0. The molecule has 0 spiro atoms. The van der Waals surface area contributed by atoms with Crippen molar-refractivity contribution in [3.05, 3.63) is 0 Å². The number of methoxy groups -OCH3 is 1. The second kappa shape index (κ2) is 11.3. The summed E-state index contributed by atoms with van der Waals surface area (Å²) in [5.41, 5.74) is 2.58. The lowest BCUT2D eigenvalue weighted by atomic mass is 10.3. The number of nitrogens with two attached hydrogens (primary N) is 1. The number of hydrogen-bond donors (Lipinski definition) is 3. The summed E-state index contributed by atoms with van der Waals surface area (Å²) in [7, 11) is 1.68. The van der Waals surface area contributed by atoms with Gasteiger partial charge in [-0.3, -0.25) is 10.4 Å². The van der Waals surface area contributed by atoms with E-state index in [2.05, 4.69) is 34.5 Å². The van der Waals surface area contributed by atoms with Gasteiger partial charge in [-0.05, 0) is 33.0 Å². The maximum absolute atomic E-state index is 5.42. The highest BCUT2D eigenvalue weighted by Gasteiger charge is 2.03. The molecule has 0 aliphatic rings. The molecular formula is C12H29N5O. The van der Waals surface area contributed by atoms with Crippen molar-refractivity contribution in [1.82, 2.24) is 15.6 Å². The van der Waals surface area contributed by atoms with Crippen LogP contribution in [0.5, 0.6) is 0 Å². The SMILES string of the molecule is CCN(CC)CCCN=C(NN)NC(C)COC. The van der Waals surface area contributed by atoms with E-state index in [0.717, 1.165) is 32.6 Å². The molecule has 6 heteroatoms. The molecule has 1 unspecified atom stereocenters. The smallest absolute Gasteiger partial charge is 0.206 e. The predicted octanol–water partition coefficient (Wildman–Crippen LogP) is 0.162. The van der Waals surface area contributed by atoms with Gasteiger partial charge in [-0.25, -0.2) is 5.84 Å². The fourth-order valence-corrected chi connectivity index (χ4v) is 1.68. The van der Waals surface area contributed by atoms with Gasteiger partial charge in [0.25, 0.3) is 0 Å². The summed E-state index contributed by atoms with van der Waals surface area (Å²) in [5, 5.41) is 3.16. The Balaban J connectivity index is 3.90. The molecule has 6 nitrogen and oxygen atoms in total. The van der Waals surface area contributed by atoms with Gasteiger partial charge in [-0.2, -0.15) is 0 Å². The van der Waals surface area contributed by atoms with Crippen molar-refractivity contribution < 1.29 is 4.74 Å². The Kier molecular flexibility index (Phi) is 10.7. The first-order valence-electron chi connectivity index (χ1n) is 6.66. The highest BCUT2D eigenvalue weighted by Crippen LogP contribution is 1.91. The van der Waals surface area contributed by atoms with Crippen LogP contribution >= 0.6 is 0 Å². The fourth-order valence-electron chi connectivity index (χ4n) is 1.68. The second-order valence-corrected chi connectivity index (χ2v) is 4.26. The molecule has 0 amide bonds. The third kappa shape index (κ3) is 8.27. The van der Waals surface area contributed by atoms with E-state index in [4.69, 9.17) is 10.6 Å². The van der Waals surface area contributed by atoms with E-state index in [9.17, 15) is 0 Å². The van der Waals surface area contributed by atoms with Crippen LogP contribution in [0.3, 0.4) is 0 Å². The van der Waals surface area contributed by atoms with Gasteiger partial charge in [0.05, 0.1) is 6.61 Å². The van der Waals surface area contributed by atoms with Crippen molar-refractivity contribution in [3.63, 3.8) is 0 Å². The zero-order valence-corrected chi connectivity index (χ0v) is 12.2. The number of nitrogens with one attached hydrogen (secondary N) is 2. The Morgan fingerprint density at radius 1 is 1.39 bits per heavy atom. The molecule has 0 aliphatic carbocycles. The van der Waals surface area contributed by atoms with Crippen molar-refractivity contribution in [3.8, 4) is 0 Å². The first-order chi connectivity index (χ1) is 8.67. The zero-order valence-electron chi connectivity index (χ0n) is 12.2. The molecule has 0 saturated heterocycles. The number of ether oxygens (including phenoxy) is 1. The number of guanidine groups is 1. The molecule has 0 saturated carbocycles. The van der Waals surface area contributed by atoms with Gasteiger partial charge in [0.2, 0.25) is 5.96 Å². The van der Waals surface area contributed by atoms with E-state index in [1.807, 2.05) is 6.92 Å². The largest absolute Gasteiger partial charge is 0.383 e. The first-order valence-corrected chi connectivity index (χ1v) is 6.66. The molecule has 0 heterocycles. The summed E-state index contributed by atoms with van der Waals surface area (Å²) in [5.74, 6) is 6.04. The third-order valence-corrected chi connectivity index (χ3v) is 2.73. The molecule has 0 aromatic heterocycles. The maximum atomic E-state index is 5.42. The maximum Gasteiger partial charge on any atom is 0.206 e. The van der Waals surface area contributed by atoms with E-state index in [0.29, 0.717) is 12.6 Å². The topological polar surface area (TPSA) is 74.9 Å². The van der Waals surface area contributed by atoms with Crippen LogP contribution in [0.25, 0.3) is 0 Å². The van der Waals surface area contributed by atoms with Crippen LogP contribution in [0.15, 0.2) is 4.99 Å². The normalized spacial score (nSPS) is 13.8. The molecule has 0 aliphatic heterocycles. The minimum Gasteiger partial charge on any atom is -0.383 e. The third-order valence-electron chi connectivity index (χ3n) is 2.73. The van der Waals surface area contributed by atoms with Gasteiger partial charge >= 0.3 is 0 Å². The van der Waals surface area contributed by atoms with Crippen molar-refractivity contribution >= 4 is 5.96 Å². The zero-order chi connectivity index (χ0) is 13.8. The Hall–Kier alpha value is -0.850. The molecule has 0 bridgehead atoms. The summed E-state index contributed by atoms with van der Waals surface area (Å²) in [4.78, 5) is 6.77. The average Bonchev–Trinajstić information content (AvgIpc) is 2.37. The van der Waals surface area contributed by atoms with Crippen molar-refractivity contribution in [2.24, 2.45) is 10.8 Å². The van der Waals surface area contributed by atoms with Crippen molar-refractivity contribution in [1.29, 1.82) is 0 Å². The van der Waals surface area contributed by atoms with Gasteiger partial charge < -0.3 is 15.0 Å². The Morgan fingerprint density at radius 3 is 2.56 bits per heavy atom. The van der Waals surface area contributed by atoms with E-state index >= 15 is 0 Å². The summed E-state index contributed by atoms with van der Waals surface area (Å²) < 4.78 is 5.04. The number of nitrogens with zero attached hydrogens (tertiary/aromatic N) is 2. The van der Waals surface area contributed by atoms with Crippen LogP contribution in [-0.4, -0.2) is 56.8 Å². The van der Waals surface area contributed by atoms with E-state index < -0.39 is 0 Å². The van der Waals surface area contributed by atoms with Crippen LogP contribution in [-0.2, 0) is 4.74 Å². The highest BCUT2D eigenvalue weighted by atomic mass is 16.5. The fraction of sp³-hybridized carbons (Fsp3) is 0.917. The predicted molar refractivity (Wildman–Crippen MR) is 76.5 cm³/mol. The van der Waals surface area contributed by atoms with Crippen LogP contribution in [0, 0.1) is 0 Å². The first kappa shape index (κ1) is 17.2. The number of hydrazine groups is 1. The monoisotopic (exact) mass is 259 g/mol. The summed E-state index contributed by atoms with van der Waals surface area (Å²) in [6.07, 6.45) is 1.03. The molecule has 108 valence electrons. The average molecular weight is 259 g/mol. The number of rotatable bonds is 9. The Morgan fingerprint density at radius 2 is 2.06 bits per heavy atom. The quantitative estimate of drug-likeness (QED) is 0.181. The van der Waals surface area contributed by atoms with Crippen LogP contribution in [0.4, 0.5) is 0 Å². The van der Waals surface area contributed by atoms with Gasteiger partial charge in [0, 0.05) is 19.7 Å². The minimum absolute atomic E-state index is 0.188. The van der Waals surface area contributed by atoms with Gasteiger partial charge in [-0.15, -0.1) is 0 Å². The van der Waals surface area contributed by atoms with E-state index in [1.54, 1.807) is 7.11 Å². The number of hydrogen-bond acceptors (Lipinski definition) is 4. The Labute approximate surface area is 111 Å². The molecule has 0 rings (SSSR count). The molecule has 18 heavy (non-hydrogen) atoms. The molecule has 0 aromatic carbocycles. The van der Waals surface area contributed by atoms with Crippen LogP contribution in [0.2, 0.25) is 0 Å². The van der Waals surface area contributed by atoms with E-state index in [1.165, 1.54) is 0 Å². The standard InChI is InChI=1S/C12H29N5O/c1-5-17(6-2)9-7-8-14-12(16-13)15-11(3)10-18-4/h11H,5-10,13H2,1-4H3,(H2,14,15,16). The molecular weight excluding hydrogens is 230 g/mol. The number of aliphatic imine (C=N–C) groups is 1. The lowest BCUT2D eigenvalue weighted by Crippen LogP contribution is -2.47. The molecule has 4 N–H and O–H groups in total. The minimum atomic E-state index is 0.188. The van der Waals surface area contributed by atoms with Gasteiger partial charge in [0.15, 0.2) is 0 Å². The van der Waals surface area contributed by atoms with Crippen LogP contribution in [0.1, 0.15) is 27.2 Å². The van der Waals surface area contributed by atoms with Gasteiger partial charge in [0.1, 0.15) is 0 Å².